The van der Waals surface area contributed by atoms with Crippen LogP contribution < -0.4 is 10.6 Å². The number of hydrogen-bond donors (Lipinski definition) is 2. The smallest absolute Gasteiger partial charge is 0.251 e. The lowest BCUT2D eigenvalue weighted by atomic mass is 10.1. The van der Waals surface area contributed by atoms with Gasteiger partial charge in [-0.05, 0) is 31.0 Å². The van der Waals surface area contributed by atoms with Crippen LogP contribution in [0, 0.1) is 6.92 Å². The Hall–Kier alpha value is -1.36. The van der Waals surface area contributed by atoms with E-state index in [2.05, 4.69) is 26.6 Å². The number of alkyl halides is 1. The van der Waals surface area contributed by atoms with Gasteiger partial charge in [-0.25, -0.2) is 0 Å². The minimum Gasteiger partial charge on any atom is -0.355 e. The fraction of sp³-hybridized carbons (Fsp3) is 0.385. The van der Waals surface area contributed by atoms with E-state index in [0.29, 0.717) is 17.7 Å². The van der Waals surface area contributed by atoms with Crippen LogP contribution in [0.3, 0.4) is 0 Å². The molecule has 0 fully saturated rings. The third-order valence-corrected chi connectivity index (χ3v) is 3.69. The number of nitrogens with one attached hydrogen (secondary N) is 2. The second kappa shape index (κ2) is 6.54. The summed E-state index contributed by atoms with van der Waals surface area (Å²) in [6, 6.07) is 5.23. The summed E-state index contributed by atoms with van der Waals surface area (Å²) in [4.78, 5) is 23.1. The van der Waals surface area contributed by atoms with Crippen molar-refractivity contribution < 1.29 is 9.59 Å². The number of carbonyl (C=O) groups excluding carboxylic acids is 2. The second-order valence-electron chi connectivity index (χ2n) is 3.97. The van der Waals surface area contributed by atoms with Crippen molar-refractivity contribution in [2.45, 2.75) is 25.1 Å². The van der Waals surface area contributed by atoms with Crippen molar-refractivity contribution >= 4 is 33.4 Å². The third kappa shape index (κ3) is 3.57. The minimum absolute atomic E-state index is 0.102. The first kappa shape index (κ1) is 14.7. The second-order valence-corrected chi connectivity index (χ2v) is 5.08. The molecule has 1 aromatic carbocycles. The maximum atomic E-state index is 11.8. The van der Waals surface area contributed by atoms with E-state index in [1.807, 2.05) is 19.9 Å². The first-order valence-corrected chi connectivity index (χ1v) is 6.68. The van der Waals surface area contributed by atoms with Gasteiger partial charge in [0.05, 0.1) is 4.83 Å². The third-order valence-electron chi connectivity index (χ3n) is 2.63. The van der Waals surface area contributed by atoms with Gasteiger partial charge in [-0.15, -0.1) is 0 Å². The molecule has 0 aromatic heterocycles. The Labute approximate surface area is 115 Å². The van der Waals surface area contributed by atoms with Gasteiger partial charge in [0.15, 0.2) is 0 Å². The van der Waals surface area contributed by atoms with Crippen molar-refractivity contribution in [1.82, 2.24) is 5.32 Å². The van der Waals surface area contributed by atoms with Crippen molar-refractivity contribution in [3.8, 4) is 0 Å². The fourth-order valence-electron chi connectivity index (χ4n) is 1.44. The van der Waals surface area contributed by atoms with Crippen molar-refractivity contribution in [3.05, 3.63) is 29.3 Å². The summed E-state index contributed by atoms with van der Waals surface area (Å²) >= 11 is 3.29. The van der Waals surface area contributed by atoms with Crippen LogP contribution >= 0.6 is 15.9 Å². The monoisotopic (exact) mass is 312 g/mol. The van der Waals surface area contributed by atoms with Crippen LogP contribution in [0.1, 0.15) is 29.3 Å². The van der Waals surface area contributed by atoms with Crippen LogP contribution in [0.25, 0.3) is 0 Å². The minimum atomic E-state index is -0.222. The van der Waals surface area contributed by atoms with Crippen LogP contribution in [0.5, 0.6) is 0 Å². The molecule has 0 aliphatic carbocycles. The van der Waals surface area contributed by atoms with Crippen molar-refractivity contribution in [2.24, 2.45) is 0 Å². The van der Waals surface area contributed by atoms with E-state index in [1.165, 1.54) is 0 Å². The number of halogens is 1. The van der Waals surface area contributed by atoms with Crippen LogP contribution in [-0.4, -0.2) is 23.7 Å². The number of rotatable bonds is 4. The van der Waals surface area contributed by atoms with E-state index < -0.39 is 0 Å². The molecule has 98 valence electrons. The average molecular weight is 313 g/mol. The quantitative estimate of drug-likeness (QED) is 0.839. The fourth-order valence-corrected chi connectivity index (χ4v) is 1.55. The number of aryl methyl sites for hydroxylation is 1. The highest BCUT2D eigenvalue weighted by Gasteiger charge is 2.14. The molecular formula is C13H17BrN2O2. The Bertz CT molecular complexity index is 460. The van der Waals surface area contributed by atoms with E-state index in [9.17, 15) is 9.59 Å². The Kier molecular flexibility index (Phi) is 5.34. The van der Waals surface area contributed by atoms with Gasteiger partial charge in [0.25, 0.3) is 5.91 Å². The largest absolute Gasteiger partial charge is 0.355 e. The predicted octanol–water partition coefficient (Wildman–Crippen LogP) is 2.47. The van der Waals surface area contributed by atoms with E-state index in [-0.39, 0.29) is 16.6 Å². The molecule has 4 nitrogen and oxygen atoms in total. The number of anilines is 1. The van der Waals surface area contributed by atoms with Crippen molar-refractivity contribution in [3.63, 3.8) is 0 Å². The molecule has 5 heteroatoms. The van der Waals surface area contributed by atoms with Gasteiger partial charge < -0.3 is 10.6 Å². The van der Waals surface area contributed by atoms with Crippen LogP contribution in [0.2, 0.25) is 0 Å². The van der Waals surface area contributed by atoms with Crippen molar-refractivity contribution in [2.75, 3.05) is 12.4 Å². The van der Waals surface area contributed by atoms with Gasteiger partial charge in [-0.1, -0.05) is 28.9 Å². The number of hydrogen-bond acceptors (Lipinski definition) is 2. The highest BCUT2D eigenvalue weighted by Crippen LogP contribution is 2.18. The molecule has 0 radical (unpaired) electrons. The van der Waals surface area contributed by atoms with Gasteiger partial charge in [0.2, 0.25) is 5.91 Å². The Morgan fingerprint density at radius 3 is 2.61 bits per heavy atom. The molecule has 1 unspecified atom stereocenters. The van der Waals surface area contributed by atoms with Crippen molar-refractivity contribution in [1.29, 1.82) is 0 Å². The molecule has 0 aliphatic heterocycles. The molecular weight excluding hydrogens is 296 g/mol. The molecule has 0 saturated carbocycles. The van der Waals surface area contributed by atoms with Gasteiger partial charge in [0, 0.05) is 18.3 Å². The summed E-state index contributed by atoms with van der Waals surface area (Å²) < 4.78 is 0. The molecule has 1 rings (SSSR count). The maximum Gasteiger partial charge on any atom is 0.251 e. The Morgan fingerprint density at radius 1 is 1.39 bits per heavy atom. The zero-order valence-electron chi connectivity index (χ0n) is 10.7. The van der Waals surface area contributed by atoms with Crippen LogP contribution in [0.15, 0.2) is 18.2 Å². The molecule has 0 heterocycles. The summed E-state index contributed by atoms with van der Waals surface area (Å²) in [7, 11) is 1.58. The Balaban J connectivity index is 2.94. The van der Waals surface area contributed by atoms with Gasteiger partial charge in [-0.2, -0.15) is 0 Å². The number of benzene rings is 1. The van der Waals surface area contributed by atoms with E-state index in [0.717, 1.165) is 5.56 Å². The predicted molar refractivity (Wildman–Crippen MR) is 76.2 cm³/mol. The molecule has 1 atom stereocenters. The van der Waals surface area contributed by atoms with Crippen LogP contribution in [-0.2, 0) is 4.79 Å². The van der Waals surface area contributed by atoms with Gasteiger partial charge in [0.1, 0.15) is 0 Å². The molecule has 2 N–H and O–H groups in total. The number of carbonyl (C=O) groups is 2. The SMILES string of the molecule is CCC(Br)C(=O)Nc1cc(C(=O)NC)ccc1C. The Morgan fingerprint density at radius 2 is 2.06 bits per heavy atom. The molecule has 0 spiro atoms. The van der Waals surface area contributed by atoms with E-state index in [4.69, 9.17) is 0 Å². The lowest BCUT2D eigenvalue weighted by Gasteiger charge is -2.12. The lowest BCUT2D eigenvalue weighted by Crippen LogP contribution is -2.23. The van der Waals surface area contributed by atoms with Gasteiger partial charge in [-0.3, -0.25) is 9.59 Å². The molecule has 2 amide bonds. The first-order valence-electron chi connectivity index (χ1n) is 5.77. The van der Waals surface area contributed by atoms with Crippen LogP contribution in [0.4, 0.5) is 5.69 Å². The zero-order chi connectivity index (χ0) is 13.7. The zero-order valence-corrected chi connectivity index (χ0v) is 12.3. The van der Waals surface area contributed by atoms with Gasteiger partial charge >= 0.3 is 0 Å². The lowest BCUT2D eigenvalue weighted by molar-refractivity contribution is -0.115. The highest BCUT2D eigenvalue weighted by molar-refractivity contribution is 9.10. The number of amides is 2. The summed E-state index contributed by atoms with van der Waals surface area (Å²) in [6.07, 6.45) is 0.708. The molecule has 0 saturated heterocycles. The first-order chi connectivity index (χ1) is 8.49. The highest BCUT2D eigenvalue weighted by atomic mass is 79.9. The summed E-state index contributed by atoms with van der Waals surface area (Å²) in [5.41, 5.74) is 2.12. The molecule has 0 aliphatic rings. The maximum absolute atomic E-state index is 11.8. The molecule has 18 heavy (non-hydrogen) atoms. The average Bonchev–Trinajstić information content (AvgIpc) is 2.39. The topological polar surface area (TPSA) is 58.2 Å². The molecule has 1 aromatic rings. The summed E-state index contributed by atoms with van der Waals surface area (Å²) in [5.74, 6) is -0.272. The normalized spacial score (nSPS) is 11.8. The molecule has 0 bridgehead atoms. The van der Waals surface area contributed by atoms with E-state index >= 15 is 0 Å². The standard InChI is InChI=1S/C13H17BrN2O2/c1-4-10(14)13(18)16-11-7-9(12(17)15-3)6-5-8(11)2/h5-7,10H,4H2,1-3H3,(H,15,17)(H,16,18). The summed E-state index contributed by atoms with van der Waals surface area (Å²) in [5, 5.41) is 5.37. The summed E-state index contributed by atoms with van der Waals surface area (Å²) in [6.45, 7) is 3.81. The van der Waals surface area contributed by atoms with E-state index in [1.54, 1.807) is 19.2 Å².